The van der Waals surface area contributed by atoms with Gasteiger partial charge in [0.15, 0.2) is 0 Å². The van der Waals surface area contributed by atoms with Gasteiger partial charge in [0.25, 0.3) is 5.91 Å². The van der Waals surface area contributed by atoms with E-state index in [1.165, 1.54) is 5.56 Å². The van der Waals surface area contributed by atoms with Gasteiger partial charge in [-0.25, -0.2) is 4.79 Å². The molecule has 0 saturated carbocycles. The zero-order valence-electron chi connectivity index (χ0n) is 17.5. The van der Waals surface area contributed by atoms with E-state index in [0.29, 0.717) is 32.1 Å². The Bertz CT molecular complexity index is 569. The summed E-state index contributed by atoms with van der Waals surface area (Å²) in [4.78, 5) is 29.6. The van der Waals surface area contributed by atoms with Gasteiger partial charge >= 0.3 is 6.03 Å². The molecule has 5 nitrogen and oxygen atoms in total. The summed E-state index contributed by atoms with van der Waals surface area (Å²) in [5.74, 6) is 1.34. The van der Waals surface area contributed by atoms with Crippen LogP contribution in [0.25, 0.3) is 0 Å². The van der Waals surface area contributed by atoms with Gasteiger partial charge in [-0.3, -0.25) is 4.79 Å². The van der Waals surface area contributed by atoms with Crippen LogP contribution in [0.15, 0.2) is 24.3 Å². The van der Waals surface area contributed by atoms with Crippen molar-refractivity contribution in [1.29, 1.82) is 0 Å². The molecule has 0 unspecified atom stereocenters. The normalized spacial score (nSPS) is 14.2. The van der Waals surface area contributed by atoms with Gasteiger partial charge < -0.3 is 14.7 Å². The third-order valence-corrected chi connectivity index (χ3v) is 4.04. The van der Waals surface area contributed by atoms with Crippen LogP contribution in [0.3, 0.4) is 0 Å². The third kappa shape index (κ3) is 6.70. The molecule has 1 aromatic rings. The lowest BCUT2D eigenvalue weighted by molar-refractivity contribution is 0.0650. The van der Waals surface area contributed by atoms with Crippen LogP contribution in [-0.2, 0) is 0 Å². The Morgan fingerprint density at radius 1 is 0.846 bits per heavy atom. The van der Waals surface area contributed by atoms with E-state index in [1.54, 1.807) is 23.9 Å². The Hall–Kier alpha value is -2.04. The van der Waals surface area contributed by atoms with Gasteiger partial charge in [-0.05, 0) is 29.5 Å². The van der Waals surface area contributed by atoms with Gasteiger partial charge in [0.05, 0.1) is 0 Å². The van der Waals surface area contributed by atoms with Crippen LogP contribution in [0.2, 0.25) is 0 Å². The number of carbonyl (C=O) groups is 2. The first-order chi connectivity index (χ1) is 12.1. The molecule has 1 saturated heterocycles. The number of nitrogens with zero attached hydrogens (tertiary/aromatic N) is 3. The van der Waals surface area contributed by atoms with E-state index in [2.05, 4.69) is 34.6 Å². The lowest BCUT2D eigenvalue weighted by Gasteiger charge is -2.36. The second-order valence-electron chi connectivity index (χ2n) is 7.97. The highest BCUT2D eigenvalue weighted by Crippen LogP contribution is 2.16. The Morgan fingerprint density at radius 3 is 1.65 bits per heavy atom. The highest BCUT2D eigenvalue weighted by molar-refractivity contribution is 5.94. The van der Waals surface area contributed by atoms with Crippen molar-refractivity contribution in [2.24, 2.45) is 5.92 Å². The minimum absolute atomic E-state index is 0.00776. The van der Waals surface area contributed by atoms with Gasteiger partial charge in [-0.1, -0.05) is 46.8 Å². The molecule has 2 rings (SSSR count). The van der Waals surface area contributed by atoms with E-state index in [-0.39, 0.29) is 11.9 Å². The summed E-state index contributed by atoms with van der Waals surface area (Å²) in [5.41, 5.74) is 1.95. The number of piperazine rings is 1. The molecule has 1 heterocycles. The second kappa shape index (κ2) is 10.2. The van der Waals surface area contributed by atoms with E-state index >= 15 is 0 Å². The third-order valence-electron chi connectivity index (χ3n) is 4.04. The van der Waals surface area contributed by atoms with Gasteiger partial charge in [-0.15, -0.1) is 0 Å². The number of amides is 3. The molecule has 0 N–H and O–H groups in total. The molecular formula is C21H35N3O2. The van der Waals surface area contributed by atoms with Crippen LogP contribution in [0.1, 0.15) is 56.5 Å². The van der Waals surface area contributed by atoms with E-state index in [4.69, 9.17) is 0 Å². The average Bonchev–Trinajstić information content (AvgIpc) is 2.60. The standard InChI is InChI=1S/C17H25N3O2.C4H10/c1-13(2)14-5-7-15(8-6-14)16(21)19-9-11-20(12-10-19)17(22)18(3)4;1-4(2)3/h5-8,13H,9-12H2,1-4H3;4H,1-3H3. The zero-order chi connectivity index (χ0) is 19.9. The fourth-order valence-corrected chi connectivity index (χ4v) is 2.58. The number of hydrogen-bond acceptors (Lipinski definition) is 2. The fourth-order valence-electron chi connectivity index (χ4n) is 2.58. The molecule has 0 aromatic heterocycles. The molecule has 0 aliphatic carbocycles. The summed E-state index contributed by atoms with van der Waals surface area (Å²) in [5, 5.41) is 0. The monoisotopic (exact) mass is 361 g/mol. The van der Waals surface area contributed by atoms with Crippen molar-refractivity contribution in [2.75, 3.05) is 40.3 Å². The van der Waals surface area contributed by atoms with Crippen LogP contribution in [0.5, 0.6) is 0 Å². The van der Waals surface area contributed by atoms with Crippen molar-refractivity contribution in [1.82, 2.24) is 14.7 Å². The maximum absolute atomic E-state index is 12.5. The highest BCUT2D eigenvalue weighted by Gasteiger charge is 2.25. The molecule has 146 valence electrons. The largest absolute Gasteiger partial charge is 0.335 e. The van der Waals surface area contributed by atoms with E-state index in [9.17, 15) is 9.59 Å². The first kappa shape index (κ1) is 22.0. The smallest absolute Gasteiger partial charge is 0.319 e. The van der Waals surface area contributed by atoms with Crippen molar-refractivity contribution in [2.45, 2.75) is 40.5 Å². The van der Waals surface area contributed by atoms with Gasteiger partial charge in [0.2, 0.25) is 0 Å². The molecule has 1 fully saturated rings. The Morgan fingerprint density at radius 2 is 1.27 bits per heavy atom. The molecule has 1 aliphatic heterocycles. The summed E-state index contributed by atoms with van der Waals surface area (Å²) in [6.07, 6.45) is 0. The number of carbonyl (C=O) groups excluding carboxylic acids is 2. The van der Waals surface area contributed by atoms with E-state index in [1.807, 2.05) is 29.2 Å². The molecule has 26 heavy (non-hydrogen) atoms. The summed E-state index contributed by atoms with van der Waals surface area (Å²) >= 11 is 0. The number of benzene rings is 1. The van der Waals surface area contributed by atoms with Crippen LogP contribution in [-0.4, -0.2) is 66.9 Å². The van der Waals surface area contributed by atoms with Crippen molar-refractivity contribution in [3.63, 3.8) is 0 Å². The summed E-state index contributed by atoms with van der Waals surface area (Å²) < 4.78 is 0. The number of urea groups is 1. The molecule has 0 atom stereocenters. The first-order valence-electron chi connectivity index (χ1n) is 9.49. The number of rotatable bonds is 2. The molecule has 0 spiro atoms. The topological polar surface area (TPSA) is 43.9 Å². The summed E-state index contributed by atoms with van der Waals surface area (Å²) in [6.45, 7) is 13.1. The van der Waals surface area contributed by atoms with Gasteiger partial charge in [0, 0.05) is 45.8 Å². The van der Waals surface area contributed by atoms with Crippen LogP contribution in [0.4, 0.5) is 4.79 Å². The predicted octanol–water partition coefficient (Wildman–Crippen LogP) is 3.91. The van der Waals surface area contributed by atoms with Crippen molar-refractivity contribution in [3.8, 4) is 0 Å². The quantitative estimate of drug-likeness (QED) is 0.801. The highest BCUT2D eigenvalue weighted by atomic mass is 16.2. The fraction of sp³-hybridized carbons (Fsp3) is 0.619. The molecule has 5 heteroatoms. The Labute approximate surface area is 159 Å². The van der Waals surface area contributed by atoms with Crippen molar-refractivity contribution in [3.05, 3.63) is 35.4 Å². The minimum Gasteiger partial charge on any atom is -0.335 e. The van der Waals surface area contributed by atoms with Crippen molar-refractivity contribution < 1.29 is 9.59 Å². The minimum atomic E-state index is 0.00776. The molecular weight excluding hydrogens is 326 g/mol. The lowest BCUT2D eigenvalue weighted by atomic mass is 10.0. The first-order valence-corrected chi connectivity index (χ1v) is 9.49. The SMILES string of the molecule is CC(C)C.CC(C)c1ccc(C(=O)N2CCN(C(=O)N(C)C)CC2)cc1. The number of hydrogen-bond donors (Lipinski definition) is 0. The van der Waals surface area contributed by atoms with Crippen LogP contribution < -0.4 is 0 Å². The molecule has 0 bridgehead atoms. The predicted molar refractivity (Wildman–Crippen MR) is 108 cm³/mol. The maximum atomic E-state index is 12.5. The van der Waals surface area contributed by atoms with Crippen LogP contribution in [0, 0.1) is 5.92 Å². The van der Waals surface area contributed by atoms with E-state index < -0.39 is 0 Å². The molecule has 1 aromatic carbocycles. The zero-order valence-corrected chi connectivity index (χ0v) is 17.5. The van der Waals surface area contributed by atoms with Crippen molar-refractivity contribution >= 4 is 11.9 Å². The second-order valence-corrected chi connectivity index (χ2v) is 7.97. The molecule has 1 aliphatic rings. The Kier molecular flexibility index (Phi) is 8.62. The Balaban J connectivity index is 0.000000765. The molecule has 0 radical (unpaired) electrons. The van der Waals surface area contributed by atoms with E-state index in [0.717, 1.165) is 11.5 Å². The molecule has 3 amide bonds. The van der Waals surface area contributed by atoms with Gasteiger partial charge in [0.1, 0.15) is 0 Å². The summed E-state index contributed by atoms with van der Waals surface area (Å²) in [6, 6.07) is 7.84. The lowest BCUT2D eigenvalue weighted by Crippen LogP contribution is -2.52. The van der Waals surface area contributed by atoms with Gasteiger partial charge in [-0.2, -0.15) is 0 Å². The maximum Gasteiger partial charge on any atom is 0.319 e. The summed E-state index contributed by atoms with van der Waals surface area (Å²) in [7, 11) is 3.49. The van der Waals surface area contributed by atoms with Crippen LogP contribution >= 0.6 is 0 Å². The average molecular weight is 362 g/mol.